The predicted octanol–water partition coefficient (Wildman–Crippen LogP) is 1.62. The van der Waals surface area contributed by atoms with Gasteiger partial charge in [-0.25, -0.2) is 9.97 Å². The number of nitrogens with one attached hydrogen (secondary N) is 1. The van der Waals surface area contributed by atoms with Crippen LogP contribution in [0.3, 0.4) is 0 Å². The van der Waals surface area contributed by atoms with E-state index in [9.17, 15) is 0 Å². The van der Waals surface area contributed by atoms with Crippen molar-refractivity contribution in [1.82, 2.24) is 14.9 Å². The number of anilines is 1. The molecule has 5 heteroatoms. The van der Waals surface area contributed by atoms with Crippen LogP contribution < -0.4 is 5.32 Å². The summed E-state index contributed by atoms with van der Waals surface area (Å²) in [6.07, 6.45) is 2.76. The second-order valence-corrected chi connectivity index (χ2v) is 5.02. The highest BCUT2D eigenvalue weighted by Crippen LogP contribution is 2.14. The molecule has 1 aliphatic rings. The van der Waals surface area contributed by atoms with E-state index in [0.717, 1.165) is 56.3 Å². The van der Waals surface area contributed by atoms with Crippen LogP contribution in [0, 0.1) is 13.8 Å². The highest BCUT2D eigenvalue weighted by atomic mass is 16.5. The molecule has 1 saturated heterocycles. The van der Waals surface area contributed by atoms with E-state index in [1.165, 1.54) is 0 Å². The molecule has 1 atom stereocenters. The summed E-state index contributed by atoms with van der Waals surface area (Å²) < 4.78 is 5.41. The van der Waals surface area contributed by atoms with Crippen LogP contribution in [0.1, 0.15) is 24.6 Å². The molecule has 0 aromatic carbocycles. The molecule has 0 spiro atoms. The highest BCUT2D eigenvalue weighted by molar-refractivity contribution is 5.44. The fourth-order valence-electron chi connectivity index (χ4n) is 2.41. The number of rotatable bonds is 5. The molecule has 0 amide bonds. The number of hydrogen-bond donors (Lipinski definition) is 1. The van der Waals surface area contributed by atoms with Crippen molar-refractivity contribution in [3.8, 4) is 0 Å². The Morgan fingerprint density at radius 3 is 2.74 bits per heavy atom. The first-order chi connectivity index (χ1) is 9.22. The van der Waals surface area contributed by atoms with Crippen molar-refractivity contribution in [3.05, 3.63) is 17.6 Å². The maximum atomic E-state index is 5.41. The van der Waals surface area contributed by atoms with Crippen LogP contribution >= 0.6 is 0 Å². The molecule has 1 aromatic heterocycles. The second kappa shape index (κ2) is 6.82. The van der Waals surface area contributed by atoms with Gasteiger partial charge >= 0.3 is 0 Å². The quantitative estimate of drug-likeness (QED) is 0.875. The summed E-state index contributed by atoms with van der Waals surface area (Å²) in [6, 6.07) is 0.540. The molecule has 0 unspecified atom stereocenters. The maximum Gasteiger partial charge on any atom is 0.132 e. The second-order valence-electron chi connectivity index (χ2n) is 5.02. The Morgan fingerprint density at radius 2 is 2.05 bits per heavy atom. The number of aromatic nitrogens is 2. The molecule has 19 heavy (non-hydrogen) atoms. The van der Waals surface area contributed by atoms with E-state index in [1.54, 1.807) is 6.33 Å². The van der Waals surface area contributed by atoms with Crippen LogP contribution in [-0.2, 0) is 4.74 Å². The molecule has 1 aromatic rings. The minimum Gasteiger partial charge on any atom is -0.379 e. The molecule has 0 aliphatic carbocycles. The summed E-state index contributed by atoms with van der Waals surface area (Å²) in [7, 11) is 0. The number of nitrogens with zero attached hydrogens (tertiary/aromatic N) is 3. The monoisotopic (exact) mass is 264 g/mol. The van der Waals surface area contributed by atoms with E-state index < -0.39 is 0 Å². The summed E-state index contributed by atoms with van der Waals surface area (Å²) in [5, 5.41) is 3.47. The third kappa shape index (κ3) is 3.64. The van der Waals surface area contributed by atoms with E-state index in [-0.39, 0.29) is 0 Å². The molecular weight excluding hydrogens is 240 g/mol. The molecule has 5 nitrogen and oxygen atoms in total. The number of aryl methyl sites for hydroxylation is 1. The van der Waals surface area contributed by atoms with Crippen LogP contribution in [0.15, 0.2) is 6.33 Å². The molecule has 0 saturated carbocycles. The lowest BCUT2D eigenvalue weighted by Crippen LogP contribution is -2.46. The molecule has 0 bridgehead atoms. The fraction of sp³-hybridized carbons (Fsp3) is 0.714. The standard InChI is InChI=1S/C14H24N4O/c1-4-13(18-5-7-19-8-6-18)9-15-14-11(2)12(3)16-10-17-14/h10,13H,4-9H2,1-3H3,(H,15,16,17)/t13-/m0/s1. The van der Waals surface area contributed by atoms with E-state index in [0.29, 0.717) is 6.04 Å². The van der Waals surface area contributed by atoms with Crippen molar-refractivity contribution >= 4 is 5.82 Å². The SMILES string of the molecule is CC[C@@H](CNc1ncnc(C)c1C)N1CCOCC1. The van der Waals surface area contributed by atoms with Gasteiger partial charge in [-0.3, -0.25) is 4.90 Å². The fourth-order valence-corrected chi connectivity index (χ4v) is 2.41. The van der Waals surface area contributed by atoms with E-state index in [4.69, 9.17) is 4.74 Å². The molecule has 1 aliphatic heterocycles. The third-order valence-corrected chi connectivity index (χ3v) is 3.87. The van der Waals surface area contributed by atoms with Gasteiger partial charge in [-0.15, -0.1) is 0 Å². The lowest BCUT2D eigenvalue weighted by Gasteiger charge is -2.34. The zero-order valence-corrected chi connectivity index (χ0v) is 12.1. The largest absolute Gasteiger partial charge is 0.379 e. The van der Waals surface area contributed by atoms with Crippen molar-refractivity contribution < 1.29 is 4.74 Å². The topological polar surface area (TPSA) is 50.3 Å². The molecule has 1 fully saturated rings. The number of morpholine rings is 1. The van der Waals surface area contributed by atoms with Crippen molar-refractivity contribution in [2.24, 2.45) is 0 Å². The van der Waals surface area contributed by atoms with Crippen LogP contribution in [0.5, 0.6) is 0 Å². The zero-order valence-electron chi connectivity index (χ0n) is 12.1. The first-order valence-corrected chi connectivity index (χ1v) is 7.06. The molecule has 1 N–H and O–H groups in total. The van der Waals surface area contributed by atoms with Crippen LogP contribution in [0.4, 0.5) is 5.82 Å². The summed E-state index contributed by atoms with van der Waals surface area (Å²) in [5.74, 6) is 0.958. The lowest BCUT2D eigenvalue weighted by molar-refractivity contribution is 0.0184. The van der Waals surface area contributed by atoms with Crippen LogP contribution in [-0.4, -0.2) is 53.8 Å². The van der Waals surface area contributed by atoms with Crippen LogP contribution in [0.2, 0.25) is 0 Å². The van der Waals surface area contributed by atoms with Crippen molar-refractivity contribution in [2.45, 2.75) is 33.2 Å². The minimum absolute atomic E-state index is 0.540. The van der Waals surface area contributed by atoms with E-state index in [1.807, 2.05) is 6.92 Å². The Morgan fingerprint density at radius 1 is 1.32 bits per heavy atom. The van der Waals surface area contributed by atoms with Gasteiger partial charge in [0.2, 0.25) is 0 Å². The summed E-state index contributed by atoms with van der Waals surface area (Å²) in [4.78, 5) is 11.0. The minimum atomic E-state index is 0.540. The zero-order chi connectivity index (χ0) is 13.7. The van der Waals surface area contributed by atoms with Gasteiger partial charge in [0.15, 0.2) is 0 Å². The lowest BCUT2D eigenvalue weighted by atomic mass is 10.1. The van der Waals surface area contributed by atoms with Gasteiger partial charge in [-0.05, 0) is 20.3 Å². The molecule has 2 rings (SSSR count). The Labute approximate surface area is 115 Å². The van der Waals surface area contributed by atoms with Gasteiger partial charge in [0, 0.05) is 36.9 Å². The van der Waals surface area contributed by atoms with Gasteiger partial charge in [0.25, 0.3) is 0 Å². The Kier molecular flexibility index (Phi) is 5.10. The smallest absolute Gasteiger partial charge is 0.132 e. The third-order valence-electron chi connectivity index (χ3n) is 3.87. The summed E-state index contributed by atoms with van der Waals surface area (Å²) in [6.45, 7) is 11.0. The predicted molar refractivity (Wildman–Crippen MR) is 76.5 cm³/mol. The van der Waals surface area contributed by atoms with Gasteiger partial charge in [-0.1, -0.05) is 6.92 Å². The number of ether oxygens (including phenoxy) is 1. The number of hydrogen-bond acceptors (Lipinski definition) is 5. The first-order valence-electron chi connectivity index (χ1n) is 7.06. The molecule has 0 radical (unpaired) electrons. The molecule has 2 heterocycles. The Bertz CT molecular complexity index is 404. The average molecular weight is 264 g/mol. The highest BCUT2D eigenvalue weighted by Gasteiger charge is 2.19. The van der Waals surface area contributed by atoms with Crippen molar-refractivity contribution in [3.63, 3.8) is 0 Å². The van der Waals surface area contributed by atoms with Gasteiger partial charge in [0.1, 0.15) is 12.1 Å². The van der Waals surface area contributed by atoms with Gasteiger partial charge < -0.3 is 10.1 Å². The van der Waals surface area contributed by atoms with Crippen molar-refractivity contribution in [2.75, 3.05) is 38.2 Å². The first kappa shape index (κ1) is 14.2. The van der Waals surface area contributed by atoms with Gasteiger partial charge in [0.05, 0.1) is 13.2 Å². The summed E-state index contributed by atoms with van der Waals surface area (Å²) in [5.41, 5.74) is 2.18. The van der Waals surface area contributed by atoms with Crippen molar-refractivity contribution in [1.29, 1.82) is 0 Å². The molecular formula is C14H24N4O. The van der Waals surface area contributed by atoms with Crippen LogP contribution in [0.25, 0.3) is 0 Å². The summed E-state index contributed by atoms with van der Waals surface area (Å²) >= 11 is 0. The normalized spacial score (nSPS) is 18.3. The molecule has 106 valence electrons. The van der Waals surface area contributed by atoms with Gasteiger partial charge in [-0.2, -0.15) is 0 Å². The maximum absolute atomic E-state index is 5.41. The Hall–Kier alpha value is -1.20. The van der Waals surface area contributed by atoms with E-state index in [2.05, 4.69) is 34.0 Å². The van der Waals surface area contributed by atoms with E-state index >= 15 is 0 Å². The average Bonchev–Trinajstić information content (AvgIpc) is 2.45. The Balaban J connectivity index is 1.93.